The monoisotopic (exact) mass is 653 g/mol. The SMILES string of the molecule is c1ccc(-c2nc3ccc4ccc5cc(-c6c7ccccc7c(-c7ccc8c(c7)sc7ccccc78)c7ccccc67)ccc5c4c3o2)cc1. The van der Waals surface area contributed by atoms with E-state index in [0.717, 1.165) is 32.8 Å². The van der Waals surface area contributed by atoms with E-state index >= 15 is 0 Å². The van der Waals surface area contributed by atoms with Crippen LogP contribution in [0.4, 0.5) is 0 Å². The number of fused-ring (bicyclic) bond motifs is 10. The van der Waals surface area contributed by atoms with Crippen molar-refractivity contribution in [3.8, 4) is 33.7 Å². The van der Waals surface area contributed by atoms with Crippen LogP contribution in [0.15, 0.2) is 168 Å². The second-order valence-corrected chi connectivity index (χ2v) is 14.1. The minimum absolute atomic E-state index is 0.645. The highest BCUT2D eigenvalue weighted by Crippen LogP contribution is 2.46. The van der Waals surface area contributed by atoms with Crippen molar-refractivity contribution in [3.63, 3.8) is 0 Å². The van der Waals surface area contributed by atoms with Crippen LogP contribution in [-0.4, -0.2) is 4.98 Å². The molecule has 2 aromatic heterocycles. The molecule has 0 fully saturated rings. The molecule has 11 rings (SSSR count). The lowest BCUT2D eigenvalue weighted by atomic mass is 9.85. The fraction of sp³-hybridized carbons (Fsp3) is 0. The van der Waals surface area contributed by atoms with Gasteiger partial charge in [-0.2, -0.15) is 0 Å². The Kier molecular flexibility index (Phi) is 5.86. The molecule has 0 atom stereocenters. The van der Waals surface area contributed by atoms with E-state index in [1.165, 1.54) is 69.4 Å². The molecule has 11 aromatic rings. The predicted molar refractivity (Wildman–Crippen MR) is 213 cm³/mol. The standard InChI is InChI=1S/C47H27NOS/c1-2-10-29(11-3-1)47-48-40-25-22-28-18-19-30-26-31(20-23-33(30)45(28)46(40)49-47)43-36-13-4-6-15-38(36)44(39-16-7-5-14-37(39)43)32-21-24-35-34-12-8-9-17-41(34)50-42(35)27-32/h1-27H. The topological polar surface area (TPSA) is 26.0 Å². The first kappa shape index (κ1) is 27.6. The highest BCUT2D eigenvalue weighted by atomic mass is 32.1. The van der Waals surface area contributed by atoms with Crippen molar-refractivity contribution >= 4 is 85.7 Å². The zero-order valence-electron chi connectivity index (χ0n) is 26.9. The molecule has 0 aliphatic rings. The fourth-order valence-electron chi connectivity index (χ4n) is 8.02. The number of thiophene rings is 1. The molecular weight excluding hydrogens is 627 g/mol. The Bertz CT molecular complexity index is 3090. The third-order valence-corrected chi connectivity index (χ3v) is 11.4. The Morgan fingerprint density at radius 1 is 0.400 bits per heavy atom. The molecule has 2 heterocycles. The van der Waals surface area contributed by atoms with Crippen molar-refractivity contribution in [2.24, 2.45) is 0 Å². The van der Waals surface area contributed by atoms with Gasteiger partial charge in [0.05, 0.1) is 0 Å². The number of rotatable bonds is 3. The van der Waals surface area contributed by atoms with Crippen molar-refractivity contribution in [3.05, 3.63) is 164 Å². The third-order valence-electron chi connectivity index (χ3n) is 10.3. The van der Waals surface area contributed by atoms with Gasteiger partial charge in [0.2, 0.25) is 5.89 Å². The largest absolute Gasteiger partial charge is 0.435 e. The third kappa shape index (κ3) is 4.05. The van der Waals surface area contributed by atoms with E-state index in [1.807, 2.05) is 41.7 Å². The molecule has 0 aliphatic heterocycles. The van der Waals surface area contributed by atoms with Gasteiger partial charge in [-0.25, -0.2) is 4.98 Å². The fourth-order valence-corrected chi connectivity index (χ4v) is 9.17. The highest BCUT2D eigenvalue weighted by molar-refractivity contribution is 7.25. The van der Waals surface area contributed by atoms with Gasteiger partial charge in [-0.3, -0.25) is 0 Å². The summed E-state index contributed by atoms with van der Waals surface area (Å²) in [6.07, 6.45) is 0. The van der Waals surface area contributed by atoms with Crippen LogP contribution in [0.5, 0.6) is 0 Å². The van der Waals surface area contributed by atoms with Gasteiger partial charge in [0.1, 0.15) is 5.52 Å². The van der Waals surface area contributed by atoms with Crippen LogP contribution in [0.2, 0.25) is 0 Å². The molecule has 0 saturated carbocycles. The molecule has 9 aromatic carbocycles. The van der Waals surface area contributed by atoms with Crippen molar-refractivity contribution in [1.82, 2.24) is 4.98 Å². The van der Waals surface area contributed by atoms with Crippen molar-refractivity contribution < 1.29 is 4.42 Å². The maximum atomic E-state index is 6.49. The van der Waals surface area contributed by atoms with Gasteiger partial charge < -0.3 is 4.42 Å². The molecule has 2 nitrogen and oxygen atoms in total. The van der Waals surface area contributed by atoms with E-state index in [0.29, 0.717) is 5.89 Å². The Hall–Kier alpha value is -6.29. The Balaban J connectivity index is 1.14. The normalized spacial score (nSPS) is 12.0. The van der Waals surface area contributed by atoms with E-state index in [4.69, 9.17) is 9.40 Å². The molecule has 0 radical (unpaired) electrons. The maximum absolute atomic E-state index is 6.49. The molecule has 0 amide bonds. The first-order valence-electron chi connectivity index (χ1n) is 17.0. The summed E-state index contributed by atoms with van der Waals surface area (Å²) >= 11 is 1.87. The zero-order valence-corrected chi connectivity index (χ0v) is 27.7. The summed E-state index contributed by atoms with van der Waals surface area (Å²) in [6, 6.07) is 59.2. The first-order chi connectivity index (χ1) is 24.8. The first-order valence-corrected chi connectivity index (χ1v) is 17.8. The Morgan fingerprint density at radius 2 is 0.960 bits per heavy atom. The van der Waals surface area contributed by atoms with Crippen molar-refractivity contribution in [2.75, 3.05) is 0 Å². The van der Waals surface area contributed by atoms with Crippen LogP contribution in [0, 0.1) is 0 Å². The van der Waals surface area contributed by atoms with E-state index < -0.39 is 0 Å². The maximum Gasteiger partial charge on any atom is 0.227 e. The summed E-state index contributed by atoms with van der Waals surface area (Å²) in [5.41, 5.74) is 7.67. The summed E-state index contributed by atoms with van der Waals surface area (Å²) in [6.45, 7) is 0. The molecule has 232 valence electrons. The van der Waals surface area contributed by atoms with Crippen LogP contribution in [-0.2, 0) is 0 Å². The number of benzene rings is 9. The second-order valence-electron chi connectivity index (χ2n) is 13.0. The van der Waals surface area contributed by atoms with Gasteiger partial charge in [0.25, 0.3) is 0 Å². The van der Waals surface area contributed by atoms with Gasteiger partial charge >= 0.3 is 0 Å². The lowest BCUT2D eigenvalue weighted by molar-refractivity contribution is 0.623. The van der Waals surface area contributed by atoms with Crippen LogP contribution in [0.3, 0.4) is 0 Å². The molecule has 0 spiro atoms. The summed E-state index contributed by atoms with van der Waals surface area (Å²) < 4.78 is 9.14. The van der Waals surface area contributed by atoms with E-state index in [9.17, 15) is 0 Å². The molecule has 50 heavy (non-hydrogen) atoms. The zero-order chi connectivity index (χ0) is 32.8. The van der Waals surface area contributed by atoms with Gasteiger partial charge in [0, 0.05) is 31.1 Å². The van der Waals surface area contributed by atoms with Crippen LogP contribution < -0.4 is 0 Å². The molecule has 0 aliphatic carbocycles. The van der Waals surface area contributed by atoms with Gasteiger partial charge in [0.15, 0.2) is 5.58 Å². The summed E-state index contributed by atoms with van der Waals surface area (Å²) in [7, 11) is 0. The van der Waals surface area contributed by atoms with E-state index in [1.54, 1.807) is 0 Å². The lowest BCUT2D eigenvalue weighted by Crippen LogP contribution is -1.91. The molecule has 0 unspecified atom stereocenters. The van der Waals surface area contributed by atoms with E-state index in [-0.39, 0.29) is 0 Å². The van der Waals surface area contributed by atoms with E-state index in [2.05, 4.69) is 133 Å². The minimum Gasteiger partial charge on any atom is -0.435 e. The molecule has 0 bridgehead atoms. The van der Waals surface area contributed by atoms with Crippen LogP contribution >= 0.6 is 11.3 Å². The Morgan fingerprint density at radius 3 is 1.68 bits per heavy atom. The summed E-state index contributed by atoms with van der Waals surface area (Å²) in [4.78, 5) is 4.87. The molecule has 0 saturated heterocycles. The quantitative estimate of drug-likeness (QED) is 0.140. The van der Waals surface area contributed by atoms with Gasteiger partial charge in [-0.1, -0.05) is 127 Å². The molecule has 0 N–H and O–H groups in total. The average Bonchev–Trinajstić information content (AvgIpc) is 3.78. The minimum atomic E-state index is 0.645. The molecular formula is C47H27NOS. The van der Waals surface area contributed by atoms with Crippen molar-refractivity contribution in [2.45, 2.75) is 0 Å². The molecule has 3 heteroatoms. The average molecular weight is 654 g/mol. The number of hydrogen-bond donors (Lipinski definition) is 0. The second kappa shape index (κ2) is 10.6. The predicted octanol–water partition coefficient (Wildman–Crippen LogP) is 13.8. The number of oxazole rings is 1. The van der Waals surface area contributed by atoms with Crippen LogP contribution in [0.25, 0.3) is 108 Å². The van der Waals surface area contributed by atoms with Gasteiger partial charge in [-0.15, -0.1) is 11.3 Å². The number of hydrogen-bond acceptors (Lipinski definition) is 3. The Labute approximate surface area is 291 Å². The smallest absolute Gasteiger partial charge is 0.227 e. The highest BCUT2D eigenvalue weighted by Gasteiger charge is 2.19. The van der Waals surface area contributed by atoms with Gasteiger partial charge in [-0.05, 0) is 96.4 Å². The summed E-state index contributed by atoms with van der Waals surface area (Å²) in [5, 5.41) is 12.3. The summed E-state index contributed by atoms with van der Waals surface area (Å²) in [5.74, 6) is 0.645. The van der Waals surface area contributed by atoms with Crippen LogP contribution in [0.1, 0.15) is 0 Å². The lowest BCUT2D eigenvalue weighted by Gasteiger charge is -2.18. The number of aromatic nitrogens is 1. The number of nitrogens with zero attached hydrogens (tertiary/aromatic N) is 1. The van der Waals surface area contributed by atoms with Crippen molar-refractivity contribution in [1.29, 1.82) is 0 Å².